The van der Waals surface area contributed by atoms with Gasteiger partial charge in [0.05, 0.1) is 32.2 Å². The van der Waals surface area contributed by atoms with Gasteiger partial charge in [-0.2, -0.15) is 0 Å². The third-order valence-corrected chi connectivity index (χ3v) is 3.73. The second-order valence-corrected chi connectivity index (χ2v) is 5.23. The quantitative estimate of drug-likeness (QED) is 0.838. The second-order valence-electron chi connectivity index (χ2n) is 5.23. The number of rotatable bonds is 5. The molecule has 2 rings (SSSR count). The van der Waals surface area contributed by atoms with E-state index in [9.17, 15) is 0 Å². The smallest absolute Gasteiger partial charge is 0.162 e. The Bertz CT molecular complexity index is 445. The van der Waals surface area contributed by atoms with E-state index in [2.05, 4.69) is 4.90 Å². The molecule has 1 fully saturated rings. The van der Waals surface area contributed by atoms with Crippen LogP contribution < -0.4 is 20.1 Å². The van der Waals surface area contributed by atoms with Gasteiger partial charge in [-0.15, -0.1) is 0 Å². The fourth-order valence-electron chi connectivity index (χ4n) is 2.65. The molecule has 0 amide bonds. The van der Waals surface area contributed by atoms with E-state index < -0.39 is 0 Å². The van der Waals surface area contributed by atoms with E-state index in [1.54, 1.807) is 14.2 Å². The SMILES string of the molecule is COc1cc(N)c(N(C)CC2CCCOC2)cc1OC. The zero-order chi connectivity index (χ0) is 14.5. The average Bonchev–Trinajstić information content (AvgIpc) is 2.47. The summed E-state index contributed by atoms with van der Waals surface area (Å²) in [5, 5.41) is 0. The fraction of sp³-hybridized carbons (Fsp3) is 0.600. The van der Waals surface area contributed by atoms with Crippen LogP contribution in [0.5, 0.6) is 11.5 Å². The van der Waals surface area contributed by atoms with Gasteiger partial charge in [0.25, 0.3) is 0 Å². The molecule has 1 atom stereocenters. The van der Waals surface area contributed by atoms with Crippen LogP contribution in [0.4, 0.5) is 11.4 Å². The number of nitrogens with zero attached hydrogens (tertiary/aromatic N) is 1. The van der Waals surface area contributed by atoms with Crippen molar-refractivity contribution in [2.24, 2.45) is 5.92 Å². The molecule has 5 heteroatoms. The summed E-state index contributed by atoms with van der Waals surface area (Å²) >= 11 is 0. The molecule has 1 unspecified atom stereocenters. The van der Waals surface area contributed by atoms with Crippen molar-refractivity contribution >= 4 is 11.4 Å². The van der Waals surface area contributed by atoms with Crippen LogP contribution in [0.25, 0.3) is 0 Å². The van der Waals surface area contributed by atoms with Gasteiger partial charge < -0.3 is 24.8 Å². The Morgan fingerprint density at radius 2 is 2.00 bits per heavy atom. The number of methoxy groups -OCH3 is 2. The molecule has 0 aromatic heterocycles. The van der Waals surface area contributed by atoms with Crippen molar-refractivity contribution in [3.8, 4) is 11.5 Å². The maximum absolute atomic E-state index is 6.12. The number of hydrogen-bond acceptors (Lipinski definition) is 5. The highest BCUT2D eigenvalue weighted by Crippen LogP contribution is 2.36. The number of anilines is 2. The van der Waals surface area contributed by atoms with E-state index in [0.29, 0.717) is 23.1 Å². The van der Waals surface area contributed by atoms with Gasteiger partial charge in [-0.3, -0.25) is 0 Å². The van der Waals surface area contributed by atoms with E-state index in [0.717, 1.165) is 31.9 Å². The first-order valence-electron chi connectivity index (χ1n) is 6.96. The third-order valence-electron chi connectivity index (χ3n) is 3.73. The Morgan fingerprint density at radius 3 is 2.60 bits per heavy atom. The molecular weight excluding hydrogens is 256 g/mol. The van der Waals surface area contributed by atoms with Crippen LogP contribution in [-0.2, 0) is 4.74 Å². The maximum atomic E-state index is 6.12. The summed E-state index contributed by atoms with van der Waals surface area (Å²) < 4.78 is 16.1. The molecule has 112 valence electrons. The van der Waals surface area contributed by atoms with E-state index in [-0.39, 0.29) is 0 Å². The predicted octanol–water partition coefficient (Wildman–Crippen LogP) is 2.15. The first-order chi connectivity index (χ1) is 9.65. The number of hydrogen-bond donors (Lipinski definition) is 1. The van der Waals surface area contributed by atoms with Gasteiger partial charge in [-0.25, -0.2) is 0 Å². The molecule has 1 saturated heterocycles. The van der Waals surface area contributed by atoms with Crippen LogP contribution in [-0.4, -0.2) is 41.0 Å². The lowest BCUT2D eigenvalue weighted by Crippen LogP contribution is -2.31. The minimum atomic E-state index is 0.557. The Kier molecular flexibility index (Phi) is 4.95. The first-order valence-corrected chi connectivity index (χ1v) is 6.96. The van der Waals surface area contributed by atoms with Crippen LogP contribution in [0.15, 0.2) is 12.1 Å². The number of ether oxygens (including phenoxy) is 3. The highest BCUT2D eigenvalue weighted by Gasteiger charge is 2.18. The molecule has 20 heavy (non-hydrogen) atoms. The van der Waals surface area contributed by atoms with E-state index >= 15 is 0 Å². The lowest BCUT2D eigenvalue weighted by atomic mass is 10.0. The predicted molar refractivity (Wildman–Crippen MR) is 80.8 cm³/mol. The summed E-state index contributed by atoms with van der Waals surface area (Å²) in [4.78, 5) is 2.16. The molecular formula is C15H24N2O3. The Balaban J connectivity index is 2.13. The molecule has 0 spiro atoms. The molecule has 0 aliphatic carbocycles. The van der Waals surface area contributed by atoms with E-state index in [1.807, 2.05) is 19.2 Å². The van der Waals surface area contributed by atoms with Gasteiger partial charge >= 0.3 is 0 Å². The van der Waals surface area contributed by atoms with E-state index in [1.165, 1.54) is 6.42 Å². The van der Waals surface area contributed by atoms with Crippen LogP contribution in [0.3, 0.4) is 0 Å². The fourth-order valence-corrected chi connectivity index (χ4v) is 2.65. The Labute approximate surface area is 120 Å². The monoisotopic (exact) mass is 280 g/mol. The standard InChI is InChI=1S/C15H24N2O3/c1-17(9-11-5-4-6-20-10-11)13-8-15(19-3)14(18-2)7-12(13)16/h7-8,11H,4-6,9-10,16H2,1-3H3. The molecule has 0 bridgehead atoms. The highest BCUT2D eigenvalue weighted by molar-refractivity contribution is 5.73. The zero-order valence-electron chi connectivity index (χ0n) is 12.5. The summed E-state index contributed by atoms with van der Waals surface area (Å²) in [6, 6.07) is 3.74. The summed E-state index contributed by atoms with van der Waals surface area (Å²) in [6.45, 7) is 2.65. The van der Waals surface area contributed by atoms with Crippen molar-refractivity contribution < 1.29 is 14.2 Å². The minimum Gasteiger partial charge on any atom is -0.493 e. The molecule has 5 nitrogen and oxygen atoms in total. The Morgan fingerprint density at radius 1 is 1.30 bits per heavy atom. The lowest BCUT2D eigenvalue weighted by Gasteiger charge is -2.29. The van der Waals surface area contributed by atoms with Crippen molar-refractivity contribution in [1.29, 1.82) is 0 Å². The minimum absolute atomic E-state index is 0.557. The average molecular weight is 280 g/mol. The number of nitrogen functional groups attached to an aromatic ring is 1. The van der Waals surface area contributed by atoms with Gasteiger partial charge in [-0.1, -0.05) is 0 Å². The van der Waals surface area contributed by atoms with Gasteiger partial charge in [-0.05, 0) is 18.8 Å². The van der Waals surface area contributed by atoms with Crippen molar-refractivity contribution in [2.45, 2.75) is 12.8 Å². The maximum Gasteiger partial charge on any atom is 0.162 e. The molecule has 2 N–H and O–H groups in total. The Hall–Kier alpha value is -1.62. The summed E-state index contributed by atoms with van der Waals surface area (Å²) in [6.07, 6.45) is 2.34. The van der Waals surface area contributed by atoms with Crippen molar-refractivity contribution in [3.05, 3.63) is 12.1 Å². The third kappa shape index (κ3) is 3.28. The van der Waals surface area contributed by atoms with Gasteiger partial charge in [0, 0.05) is 32.3 Å². The van der Waals surface area contributed by atoms with E-state index in [4.69, 9.17) is 19.9 Å². The molecule has 0 radical (unpaired) electrons. The molecule has 1 aromatic carbocycles. The summed E-state index contributed by atoms with van der Waals surface area (Å²) in [5.74, 6) is 1.91. The molecule has 1 aromatic rings. The van der Waals surface area contributed by atoms with Crippen LogP contribution in [0, 0.1) is 5.92 Å². The molecule has 0 saturated carbocycles. The zero-order valence-corrected chi connectivity index (χ0v) is 12.5. The summed E-state index contributed by atoms with van der Waals surface area (Å²) in [7, 11) is 5.29. The molecule has 1 aliphatic rings. The summed E-state index contributed by atoms with van der Waals surface area (Å²) in [5.41, 5.74) is 7.78. The van der Waals surface area contributed by atoms with Crippen molar-refractivity contribution in [2.75, 3.05) is 51.7 Å². The van der Waals surface area contributed by atoms with Crippen LogP contribution >= 0.6 is 0 Å². The van der Waals surface area contributed by atoms with Gasteiger partial charge in [0.1, 0.15) is 0 Å². The first kappa shape index (κ1) is 14.8. The number of nitrogens with two attached hydrogens (primary N) is 1. The highest BCUT2D eigenvalue weighted by atomic mass is 16.5. The molecule has 1 aliphatic heterocycles. The normalized spacial score (nSPS) is 18.6. The second kappa shape index (κ2) is 6.70. The topological polar surface area (TPSA) is 57.0 Å². The van der Waals surface area contributed by atoms with Gasteiger partial charge in [0.2, 0.25) is 0 Å². The number of benzene rings is 1. The largest absolute Gasteiger partial charge is 0.493 e. The van der Waals surface area contributed by atoms with Crippen LogP contribution in [0.2, 0.25) is 0 Å². The van der Waals surface area contributed by atoms with Crippen LogP contribution in [0.1, 0.15) is 12.8 Å². The van der Waals surface area contributed by atoms with Gasteiger partial charge in [0.15, 0.2) is 11.5 Å². The van der Waals surface area contributed by atoms with Crippen molar-refractivity contribution in [3.63, 3.8) is 0 Å². The van der Waals surface area contributed by atoms with Crippen molar-refractivity contribution in [1.82, 2.24) is 0 Å². The molecule has 1 heterocycles. The lowest BCUT2D eigenvalue weighted by molar-refractivity contribution is 0.0576.